The van der Waals surface area contributed by atoms with Gasteiger partial charge < -0.3 is 9.47 Å². The summed E-state index contributed by atoms with van der Waals surface area (Å²) in [6, 6.07) is 11.2. The van der Waals surface area contributed by atoms with Crippen molar-refractivity contribution in [3.05, 3.63) is 65.7 Å². The maximum Gasteiger partial charge on any atom is 0.416 e. The minimum absolute atomic E-state index is 0.193. The largest absolute Gasteiger partial charge is 0.494 e. The van der Waals surface area contributed by atoms with Crippen molar-refractivity contribution in [2.24, 2.45) is 0 Å². The molecule has 0 aliphatic heterocycles. The summed E-state index contributed by atoms with van der Waals surface area (Å²) >= 11 is 0. The van der Waals surface area contributed by atoms with Crippen molar-refractivity contribution in [1.29, 1.82) is 0 Å². The van der Waals surface area contributed by atoms with E-state index in [0.29, 0.717) is 18.1 Å². The van der Waals surface area contributed by atoms with Gasteiger partial charge in [0.1, 0.15) is 11.5 Å². The monoisotopic (exact) mass is 422 g/mol. The third-order valence-electron chi connectivity index (χ3n) is 3.77. The van der Waals surface area contributed by atoms with Gasteiger partial charge in [0.2, 0.25) is 0 Å². The Bertz CT molecular complexity index is 896. The highest BCUT2D eigenvalue weighted by Gasteiger charge is 2.30. The number of rotatable bonds is 7. The first-order chi connectivity index (χ1) is 14.2. The molecule has 6 nitrogen and oxygen atoms in total. The molecule has 2 aromatic carbocycles. The number of hydrogen-bond acceptors (Lipinski definition) is 4. The Hall–Kier alpha value is -3.49. The minimum atomic E-state index is -4.47. The summed E-state index contributed by atoms with van der Waals surface area (Å²) in [4.78, 5) is 23.8. The zero-order chi connectivity index (χ0) is 22.1. The lowest BCUT2D eigenvalue weighted by Crippen LogP contribution is -2.46. The summed E-state index contributed by atoms with van der Waals surface area (Å²) in [5.41, 5.74) is 3.70. The van der Waals surface area contributed by atoms with Gasteiger partial charge in [0.25, 0.3) is 11.8 Å². The maximum absolute atomic E-state index is 12.7. The van der Waals surface area contributed by atoms with Crippen molar-refractivity contribution in [3.8, 4) is 11.5 Å². The molecule has 30 heavy (non-hydrogen) atoms. The molecule has 0 aromatic heterocycles. The SMILES string of the molecule is CCOc1ccc(OC(C)C(=O)NNC(=O)/C=C/c2cccc(C(F)(F)F)c2)cc1. The molecule has 0 spiro atoms. The van der Waals surface area contributed by atoms with Crippen LogP contribution in [0.1, 0.15) is 25.0 Å². The number of amides is 2. The van der Waals surface area contributed by atoms with Crippen LogP contribution in [0.5, 0.6) is 11.5 Å². The Morgan fingerprint density at radius 3 is 2.37 bits per heavy atom. The van der Waals surface area contributed by atoms with Gasteiger partial charge in [-0.25, -0.2) is 0 Å². The van der Waals surface area contributed by atoms with E-state index in [1.165, 1.54) is 25.1 Å². The van der Waals surface area contributed by atoms with E-state index >= 15 is 0 Å². The third-order valence-corrected chi connectivity index (χ3v) is 3.77. The molecule has 2 rings (SSSR count). The van der Waals surface area contributed by atoms with Crippen LogP contribution in [-0.4, -0.2) is 24.5 Å². The van der Waals surface area contributed by atoms with Gasteiger partial charge in [0.15, 0.2) is 6.10 Å². The molecule has 0 saturated carbocycles. The van der Waals surface area contributed by atoms with Crippen molar-refractivity contribution >= 4 is 17.9 Å². The average molecular weight is 422 g/mol. The Labute approximate surface area is 171 Å². The van der Waals surface area contributed by atoms with Gasteiger partial charge >= 0.3 is 6.18 Å². The molecule has 0 saturated heterocycles. The van der Waals surface area contributed by atoms with Gasteiger partial charge in [-0.15, -0.1) is 0 Å². The molecule has 0 aliphatic rings. The van der Waals surface area contributed by atoms with Crippen LogP contribution in [0.4, 0.5) is 13.2 Å². The number of nitrogens with one attached hydrogen (secondary N) is 2. The first kappa shape index (κ1) is 22.8. The van der Waals surface area contributed by atoms with Crippen LogP contribution in [0.3, 0.4) is 0 Å². The smallest absolute Gasteiger partial charge is 0.416 e. The van der Waals surface area contributed by atoms with Gasteiger partial charge in [-0.1, -0.05) is 12.1 Å². The highest BCUT2D eigenvalue weighted by atomic mass is 19.4. The van der Waals surface area contributed by atoms with E-state index in [-0.39, 0.29) is 5.56 Å². The van der Waals surface area contributed by atoms with Crippen LogP contribution in [0.25, 0.3) is 6.08 Å². The standard InChI is InChI=1S/C21H21F3N2O4/c1-3-29-17-8-10-18(11-9-17)30-14(2)20(28)26-25-19(27)12-7-15-5-4-6-16(13-15)21(22,23)24/h4-14H,3H2,1-2H3,(H,25,27)(H,26,28)/b12-7+. The fourth-order valence-electron chi connectivity index (χ4n) is 2.30. The van der Waals surface area contributed by atoms with Crippen LogP contribution < -0.4 is 20.3 Å². The predicted octanol–water partition coefficient (Wildman–Crippen LogP) is 3.73. The molecule has 2 amide bonds. The second-order valence-electron chi connectivity index (χ2n) is 6.10. The minimum Gasteiger partial charge on any atom is -0.494 e. The Morgan fingerprint density at radius 2 is 1.73 bits per heavy atom. The van der Waals surface area contributed by atoms with Crippen molar-refractivity contribution in [2.45, 2.75) is 26.1 Å². The molecule has 1 atom stereocenters. The number of benzene rings is 2. The molecule has 2 aromatic rings. The van der Waals surface area contributed by atoms with E-state index in [9.17, 15) is 22.8 Å². The molecule has 1 unspecified atom stereocenters. The number of hydrogen-bond donors (Lipinski definition) is 2. The summed E-state index contributed by atoms with van der Waals surface area (Å²) in [6.07, 6.45) is -3.17. The summed E-state index contributed by atoms with van der Waals surface area (Å²) < 4.78 is 48.9. The number of carbonyl (C=O) groups excluding carboxylic acids is 2. The van der Waals surface area contributed by atoms with E-state index in [1.54, 1.807) is 24.3 Å². The molecular weight excluding hydrogens is 401 g/mol. The lowest BCUT2D eigenvalue weighted by atomic mass is 10.1. The van der Waals surface area contributed by atoms with Crippen LogP contribution in [0.2, 0.25) is 0 Å². The zero-order valence-electron chi connectivity index (χ0n) is 16.3. The predicted molar refractivity (Wildman–Crippen MR) is 104 cm³/mol. The van der Waals surface area contributed by atoms with Gasteiger partial charge in [-0.05, 0) is 61.9 Å². The van der Waals surface area contributed by atoms with Gasteiger partial charge in [0, 0.05) is 6.08 Å². The number of carbonyl (C=O) groups is 2. The summed E-state index contributed by atoms with van der Waals surface area (Å²) in [5.74, 6) is -0.211. The number of alkyl halides is 3. The second-order valence-corrected chi connectivity index (χ2v) is 6.10. The van der Waals surface area contributed by atoms with Crippen LogP contribution >= 0.6 is 0 Å². The highest BCUT2D eigenvalue weighted by Crippen LogP contribution is 2.29. The summed E-state index contributed by atoms with van der Waals surface area (Å²) in [7, 11) is 0. The van der Waals surface area contributed by atoms with Gasteiger partial charge in [-0.3, -0.25) is 20.4 Å². The van der Waals surface area contributed by atoms with E-state index in [1.807, 2.05) is 6.92 Å². The highest BCUT2D eigenvalue weighted by molar-refractivity contribution is 5.93. The lowest BCUT2D eigenvalue weighted by Gasteiger charge is -2.15. The fourth-order valence-corrected chi connectivity index (χ4v) is 2.30. The van der Waals surface area contributed by atoms with Crippen molar-refractivity contribution in [2.75, 3.05) is 6.61 Å². The maximum atomic E-state index is 12.7. The molecule has 0 heterocycles. The molecule has 0 radical (unpaired) electrons. The quantitative estimate of drug-likeness (QED) is 0.527. The molecule has 0 fully saturated rings. The van der Waals surface area contributed by atoms with Gasteiger partial charge in [-0.2, -0.15) is 13.2 Å². The summed E-state index contributed by atoms with van der Waals surface area (Å²) in [6.45, 7) is 3.89. The molecule has 0 bridgehead atoms. The molecule has 2 N–H and O–H groups in total. The normalized spacial score (nSPS) is 12.3. The number of halogens is 3. The van der Waals surface area contributed by atoms with Gasteiger partial charge in [0.05, 0.1) is 12.2 Å². The summed E-state index contributed by atoms with van der Waals surface area (Å²) in [5, 5.41) is 0. The fraction of sp³-hybridized carbons (Fsp3) is 0.238. The molecule has 9 heteroatoms. The van der Waals surface area contributed by atoms with Crippen molar-refractivity contribution < 1.29 is 32.2 Å². The van der Waals surface area contributed by atoms with Crippen LogP contribution in [0.15, 0.2) is 54.6 Å². The third kappa shape index (κ3) is 7.16. The molecule has 0 aliphatic carbocycles. The van der Waals surface area contributed by atoms with E-state index in [2.05, 4.69) is 10.9 Å². The van der Waals surface area contributed by atoms with Crippen molar-refractivity contribution in [1.82, 2.24) is 10.9 Å². The first-order valence-corrected chi connectivity index (χ1v) is 9.03. The molecular formula is C21H21F3N2O4. The van der Waals surface area contributed by atoms with Crippen molar-refractivity contribution in [3.63, 3.8) is 0 Å². The number of hydrazine groups is 1. The average Bonchev–Trinajstić information content (AvgIpc) is 2.71. The Kier molecular flexibility index (Phi) is 7.85. The van der Waals surface area contributed by atoms with E-state index in [0.717, 1.165) is 18.2 Å². The first-order valence-electron chi connectivity index (χ1n) is 9.03. The van der Waals surface area contributed by atoms with Crippen LogP contribution in [-0.2, 0) is 15.8 Å². The second kappa shape index (κ2) is 10.3. The lowest BCUT2D eigenvalue weighted by molar-refractivity contribution is -0.137. The Morgan fingerprint density at radius 1 is 1.07 bits per heavy atom. The van der Waals surface area contributed by atoms with E-state index < -0.39 is 29.7 Å². The van der Waals surface area contributed by atoms with E-state index in [4.69, 9.17) is 9.47 Å². The molecule has 160 valence electrons. The van der Waals surface area contributed by atoms with Crippen LogP contribution in [0, 0.1) is 0 Å². The Balaban J connectivity index is 1.83. The zero-order valence-corrected chi connectivity index (χ0v) is 16.3. The number of ether oxygens (including phenoxy) is 2. The topological polar surface area (TPSA) is 76.7 Å².